The Hall–Kier alpha value is -1.16. The van der Waals surface area contributed by atoms with Crippen LogP contribution >= 0.6 is 11.3 Å². The number of aliphatic imine (C=N–C) groups is 1. The summed E-state index contributed by atoms with van der Waals surface area (Å²) in [5.74, 6) is 0.863. The average Bonchev–Trinajstić information content (AvgIpc) is 3.34. The molecule has 9 heteroatoms. The zero-order valence-corrected chi connectivity index (χ0v) is 16.2. The summed E-state index contributed by atoms with van der Waals surface area (Å²) in [5.41, 5.74) is 0.275. The molecule has 0 aromatic carbocycles. The van der Waals surface area contributed by atoms with Crippen LogP contribution in [-0.2, 0) is 14.8 Å². The maximum atomic E-state index is 12.1. The number of likely N-dealkylation sites (tertiary alicyclic amines) is 1. The molecule has 7 nitrogen and oxygen atoms in total. The van der Waals surface area contributed by atoms with Gasteiger partial charge >= 0.3 is 0 Å². The first kappa shape index (κ1) is 18.6. The normalized spacial score (nSPS) is 24.4. The van der Waals surface area contributed by atoms with Crippen molar-refractivity contribution in [2.24, 2.45) is 10.4 Å². The number of guanidine groups is 1. The Labute approximate surface area is 153 Å². The summed E-state index contributed by atoms with van der Waals surface area (Å²) >= 11 is 1.21. The molecule has 0 bridgehead atoms. The van der Waals surface area contributed by atoms with Gasteiger partial charge in [-0.1, -0.05) is 6.07 Å². The van der Waals surface area contributed by atoms with E-state index in [1.165, 1.54) is 11.3 Å². The van der Waals surface area contributed by atoms with Gasteiger partial charge in [-0.3, -0.25) is 4.99 Å². The van der Waals surface area contributed by atoms with E-state index in [2.05, 4.69) is 19.9 Å². The number of ether oxygens (including phenoxy) is 1. The third kappa shape index (κ3) is 4.52. The largest absolute Gasteiger partial charge is 0.381 e. The Morgan fingerprint density at radius 2 is 2.36 bits per heavy atom. The van der Waals surface area contributed by atoms with Gasteiger partial charge in [-0.05, 0) is 31.2 Å². The first-order chi connectivity index (χ1) is 12.0. The lowest BCUT2D eigenvalue weighted by atomic mass is 9.87. The molecule has 3 rings (SSSR count). The molecule has 2 saturated heterocycles. The Kier molecular flexibility index (Phi) is 5.98. The van der Waals surface area contributed by atoms with Gasteiger partial charge in [0.1, 0.15) is 4.21 Å². The molecular weight excluding hydrogens is 360 g/mol. The van der Waals surface area contributed by atoms with E-state index in [-0.39, 0.29) is 12.0 Å². The van der Waals surface area contributed by atoms with Crippen molar-refractivity contribution in [2.75, 3.05) is 45.9 Å². The Balaban J connectivity index is 1.54. The molecule has 1 unspecified atom stereocenters. The zero-order chi connectivity index (χ0) is 17.8. The van der Waals surface area contributed by atoms with Crippen LogP contribution in [0.2, 0.25) is 0 Å². The minimum Gasteiger partial charge on any atom is -0.381 e. The molecule has 0 amide bonds. The Morgan fingerprint density at radius 3 is 3.04 bits per heavy atom. The Morgan fingerprint density at radius 1 is 1.48 bits per heavy atom. The molecule has 2 fully saturated rings. The average molecular weight is 387 g/mol. The van der Waals surface area contributed by atoms with Gasteiger partial charge in [0.05, 0.1) is 13.2 Å². The fourth-order valence-corrected chi connectivity index (χ4v) is 5.40. The fraction of sp³-hybridized carbons (Fsp3) is 0.688. The van der Waals surface area contributed by atoms with Crippen LogP contribution in [0.25, 0.3) is 0 Å². The summed E-state index contributed by atoms with van der Waals surface area (Å²) in [4.78, 5) is 6.87. The van der Waals surface area contributed by atoms with Crippen LogP contribution in [0.1, 0.15) is 19.8 Å². The number of hydrogen-bond acceptors (Lipinski definition) is 5. The van der Waals surface area contributed by atoms with Crippen LogP contribution in [0.4, 0.5) is 0 Å². The summed E-state index contributed by atoms with van der Waals surface area (Å²) in [6, 6.07) is 3.34. The molecule has 2 N–H and O–H groups in total. The van der Waals surface area contributed by atoms with E-state index in [1.54, 1.807) is 17.5 Å². The van der Waals surface area contributed by atoms with E-state index in [9.17, 15) is 8.42 Å². The van der Waals surface area contributed by atoms with Crippen LogP contribution in [-0.4, -0.2) is 65.2 Å². The highest BCUT2D eigenvalue weighted by Gasteiger charge is 2.42. The maximum absolute atomic E-state index is 12.1. The first-order valence-electron chi connectivity index (χ1n) is 8.69. The third-order valence-electron chi connectivity index (χ3n) is 4.68. The van der Waals surface area contributed by atoms with E-state index in [4.69, 9.17) is 4.74 Å². The molecule has 140 valence electrons. The SMILES string of the molecule is CCNC(=NCCNS(=O)(=O)c1cccs1)N1CCC2(CCOC2)C1. The van der Waals surface area contributed by atoms with Crippen molar-refractivity contribution in [2.45, 2.75) is 24.0 Å². The second kappa shape index (κ2) is 8.03. The smallest absolute Gasteiger partial charge is 0.250 e. The maximum Gasteiger partial charge on any atom is 0.250 e. The molecule has 0 saturated carbocycles. The summed E-state index contributed by atoms with van der Waals surface area (Å²) in [6.45, 7) is 7.15. The lowest BCUT2D eigenvalue weighted by Crippen LogP contribution is -2.42. The molecule has 1 aromatic heterocycles. The van der Waals surface area contributed by atoms with Gasteiger partial charge in [-0.2, -0.15) is 0 Å². The van der Waals surface area contributed by atoms with Gasteiger partial charge in [-0.25, -0.2) is 13.1 Å². The quantitative estimate of drug-likeness (QED) is 0.435. The van der Waals surface area contributed by atoms with Crippen molar-refractivity contribution in [1.82, 2.24) is 14.9 Å². The van der Waals surface area contributed by atoms with E-state index in [0.717, 1.165) is 51.6 Å². The van der Waals surface area contributed by atoms with Crippen LogP contribution in [0, 0.1) is 5.41 Å². The van der Waals surface area contributed by atoms with E-state index < -0.39 is 10.0 Å². The highest BCUT2D eigenvalue weighted by molar-refractivity contribution is 7.91. The van der Waals surface area contributed by atoms with Gasteiger partial charge in [0.15, 0.2) is 5.96 Å². The predicted octanol–water partition coefficient (Wildman–Crippen LogP) is 1.10. The van der Waals surface area contributed by atoms with Crippen molar-refractivity contribution >= 4 is 27.3 Å². The van der Waals surface area contributed by atoms with Crippen LogP contribution in [0.5, 0.6) is 0 Å². The summed E-state index contributed by atoms with van der Waals surface area (Å²) in [5, 5.41) is 5.07. The summed E-state index contributed by atoms with van der Waals surface area (Å²) < 4.78 is 32.7. The van der Waals surface area contributed by atoms with Gasteiger partial charge in [0, 0.05) is 38.2 Å². The van der Waals surface area contributed by atoms with Crippen molar-refractivity contribution in [1.29, 1.82) is 0 Å². The molecule has 0 aliphatic carbocycles. The highest BCUT2D eigenvalue weighted by Crippen LogP contribution is 2.38. The number of nitrogens with one attached hydrogen (secondary N) is 2. The van der Waals surface area contributed by atoms with E-state index >= 15 is 0 Å². The molecular formula is C16H26N4O3S2. The minimum atomic E-state index is -3.42. The lowest BCUT2D eigenvalue weighted by Gasteiger charge is -2.25. The van der Waals surface area contributed by atoms with Crippen LogP contribution < -0.4 is 10.0 Å². The highest BCUT2D eigenvalue weighted by atomic mass is 32.2. The number of thiophene rings is 1. The fourth-order valence-electron chi connectivity index (χ4n) is 3.34. The molecule has 25 heavy (non-hydrogen) atoms. The molecule has 1 spiro atoms. The molecule has 2 aliphatic rings. The second-order valence-electron chi connectivity index (χ2n) is 6.54. The van der Waals surface area contributed by atoms with Crippen LogP contribution in [0.3, 0.4) is 0 Å². The van der Waals surface area contributed by atoms with Crippen LogP contribution in [0.15, 0.2) is 26.7 Å². The van der Waals surface area contributed by atoms with E-state index in [1.807, 2.05) is 6.92 Å². The topological polar surface area (TPSA) is 83.0 Å². The van der Waals surface area contributed by atoms with Crippen molar-refractivity contribution in [3.8, 4) is 0 Å². The monoisotopic (exact) mass is 386 g/mol. The lowest BCUT2D eigenvalue weighted by molar-refractivity contribution is 0.156. The predicted molar refractivity (Wildman–Crippen MR) is 99.5 cm³/mol. The van der Waals surface area contributed by atoms with Gasteiger partial charge in [-0.15, -0.1) is 11.3 Å². The van der Waals surface area contributed by atoms with Gasteiger partial charge in [0.25, 0.3) is 0 Å². The number of hydrogen-bond donors (Lipinski definition) is 2. The number of nitrogens with zero attached hydrogens (tertiary/aromatic N) is 2. The summed E-state index contributed by atoms with van der Waals surface area (Å²) in [6.07, 6.45) is 2.24. The molecule has 0 radical (unpaired) electrons. The third-order valence-corrected chi connectivity index (χ3v) is 7.54. The Bertz CT molecular complexity index is 682. The van der Waals surface area contributed by atoms with E-state index in [0.29, 0.717) is 10.8 Å². The molecule has 1 atom stereocenters. The standard InChI is InChI=1S/C16H26N4O3S2/c1-2-17-15(20-9-5-16(12-20)6-10-23-13-16)18-7-8-19-25(21,22)14-4-3-11-24-14/h3-4,11,19H,2,5-10,12-13H2,1H3,(H,17,18). The molecule has 3 heterocycles. The van der Waals surface area contributed by atoms with Crippen molar-refractivity contribution in [3.63, 3.8) is 0 Å². The zero-order valence-electron chi connectivity index (χ0n) is 14.5. The van der Waals surface area contributed by atoms with Crippen molar-refractivity contribution in [3.05, 3.63) is 17.5 Å². The van der Waals surface area contributed by atoms with Gasteiger partial charge in [0.2, 0.25) is 10.0 Å². The number of sulfonamides is 1. The first-order valence-corrected chi connectivity index (χ1v) is 11.1. The molecule has 2 aliphatic heterocycles. The minimum absolute atomic E-state index is 0.275. The second-order valence-corrected chi connectivity index (χ2v) is 9.48. The van der Waals surface area contributed by atoms with Gasteiger partial charge < -0.3 is 15.0 Å². The summed E-state index contributed by atoms with van der Waals surface area (Å²) in [7, 11) is -3.42. The molecule has 1 aromatic rings. The van der Waals surface area contributed by atoms with Crippen molar-refractivity contribution < 1.29 is 13.2 Å². The number of rotatable bonds is 6.